The summed E-state index contributed by atoms with van der Waals surface area (Å²) in [6, 6.07) is 8.31. The average Bonchev–Trinajstić information content (AvgIpc) is 2.53. The molecule has 5 heteroatoms. The summed E-state index contributed by atoms with van der Waals surface area (Å²) in [5.74, 6) is -0.666. The first-order valence-corrected chi connectivity index (χ1v) is 7.24. The van der Waals surface area contributed by atoms with Gasteiger partial charge in [0.1, 0.15) is 0 Å². The van der Waals surface area contributed by atoms with Crippen LogP contribution in [0.3, 0.4) is 0 Å². The van der Waals surface area contributed by atoms with Crippen molar-refractivity contribution in [3.63, 3.8) is 0 Å². The minimum atomic E-state index is -0.771. The summed E-state index contributed by atoms with van der Waals surface area (Å²) >= 11 is 0. The molecule has 1 heterocycles. The van der Waals surface area contributed by atoms with E-state index in [2.05, 4.69) is 5.32 Å². The molecular weight excluding hydrogens is 270 g/mol. The second-order valence-electron chi connectivity index (χ2n) is 5.13. The van der Waals surface area contributed by atoms with Gasteiger partial charge in [-0.15, -0.1) is 0 Å². The number of methoxy groups -OCH3 is 1. The second kappa shape index (κ2) is 7.78. The van der Waals surface area contributed by atoms with E-state index < -0.39 is 12.0 Å². The van der Waals surface area contributed by atoms with Crippen LogP contribution in [0.15, 0.2) is 30.3 Å². The molecule has 21 heavy (non-hydrogen) atoms. The molecule has 114 valence electrons. The summed E-state index contributed by atoms with van der Waals surface area (Å²) < 4.78 is 10.3. The third-order valence-corrected chi connectivity index (χ3v) is 3.56. The zero-order valence-corrected chi connectivity index (χ0v) is 12.2. The van der Waals surface area contributed by atoms with E-state index >= 15 is 0 Å². The number of ether oxygens (including phenoxy) is 2. The van der Waals surface area contributed by atoms with Crippen LogP contribution < -0.4 is 5.32 Å². The summed E-state index contributed by atoms with van der Waals surface area (Å²) in [5.41, 5.74) is 0.710. The lowest BCUT2D eigenvalue weighted by molar-refractivity contribution is -0.145. The third kappa shape index (κ3) is 4.56. The highest BCUT2D eigenvalue weighted by Crippen LogP contribution is 2.18. The van der Waals surface area contributed by atoms with Crippen LogP contribution in [0.1, 0.15) is 37.3 Å². The van der Waals surface area contributed by atoms with E-state index in [0.29, 0.717) is 12.2 Å². The number of benzene rings is 1. The van der Waals surface area contributed by atoms with Crippen molar-refractivity contribution in [2.75, 3.05) is 13.7 Å². The molecule has 2 unspecified atom stereocenters. The van der Waals surface area contributed by atoms with E-state index in [4.69, 9.17) is 9.47 Å². The van der Waals surface area contributed by atoms with Crippen LogP contribution >= 0.6 is 0 Å². The van der Waals surface area contributed by atoms with Crippen LogP contribution in [-0.2, 0) is 19.1 Å². The normalized spacial score (nSPS) is 19.6. The van der Waals surface area contributed by atoms with E-state index in [-0.39, 0.29) is 18.4 Å². The molecule has 2 atom stereocenters. The first-order valence-electron chi connectivity index (χ1n) is 7.24. The first kappa shape index (κ1) is 15.5. The Morgan fingerprint density at radius 2 is 2.10 bits per heavy atom. The maximum Gasteiger partial charge on any atom is 0.333 e. The van der Waals surface area contributed by atoms with Crippen molar-refractivity contribution in [1.82, 2.24) is 5.32 Å². The molecule has 1 N–H and O–H groups in total. The van der Waals surface area contributed by atoms with E-state index in [9.17, 15) is 9.59 Å². The highest BCUT2D eigenvalue weighted by molar-refractivity contribution is 5.85. The Morgan fingerprint density at radius 1 is 1.33 bits per heavy atom. The van der Waals surface area contributed by atoms with Gasteiger partial charge in [-0.3, -0.25) is 4.79 Å². The van der Waals surface area contributed by atoms with Gasteiger partial charge in [-0.1, -0.05) is 30.3 Å². The maximum absolute atomic E-state index is 12.1. The van der Waals surface area contributed by atoms with Gasteiger partial charge in [-0.2, -0.15) is 0 Å². The highest BCUT2D eigenvalue weighted by Gasteiger charge is 2.25. The molecule has 0 saturated carbocycles. The van der Waals surface area contributed by atoms with Crippen molar-refractivity contribution in [3.8, 4) is 0 Å². The van der Waals surface area contributed by atoms with Gasteiger partial charge in [0.15, 0.2) is 6.04 Å². The van der Waals surface area contributed by atoms with Crippen molar-refractivity contribution in [2.24, 2.45) is 0 Å². The lowest BCUT2D eigenvalue weighted by Crippen LogP contribution is -2.37. The average molecular weight is 291 g/mol. The Morgan fingerprint density at radius 3 is 2.71 bits per heavy atom. The molecule has 1 aromatic rings. The van der Waals surface area contributed by atoms with Gasteiger partial charge in [0.05, 0.1) is 19.6 Å². The monoisotopic (exact) mass is 291 g/mol. The molecular formula is C16H21NO4. The molecule has 1 saturated heterocycles. The second-order valence-corrected chi connectivity index (χ2v) is 5.13. The van der Waals surface area contributed by atoms with Crippen LogP contribution in [0, 0.1) is 0 Å². The van der Waals surface area contributed by atoms with Gasteiger partial charge >= 0.3 is 5.97 Å². The van der Waals surface area contributed by atoms with Crippen molar-refractivity contribution in [1.29, 1.82) is 0 Å². The number of esters is 1. The minimum absolute atomic E-state index is 0.0483. The van der Waals surface area contributed by atoms with Crippen molar-refractivity contribution < 1.29 is 19.1 Å². The van der Waals surface area contributed by atoms with Gasteiger partial charge in [0.25, 0.3) is 0 Å². The molecule has 0 radical (unpaired) electrons. The predicted octanol–water partition coefficient (Wildman–Crippen LogP) is 1.98. The van der Waals surface area contributed by atoms with Crippen LogP contribution in [0.2, 0.25) is 0 Å². The van der Waals surface area contributed by atoms with Crippen LogP contribution in [0.4, 0.5) is 0 Å². The molecule has 5 nitrogen and oxygen atoms in total. The number of nitrogens with one attached hydrogen (secondary N) is 1. The third-order valence-electron chi connectivity index (χ3n) is 3.56. The molecule has 1 aliphatic rings. The molecule has 1 aromatic carbocycles. The summed E-state index contributed by atoms with van der Waals surface area (Å²) in [4.78, 5) is 24.0. The summed E-state index contributed by atoms with van der Waals surface area (Å²) in [6.45, 7) is 0.705. The lowest BCUT2D eigenvalue weighted by atomic mass is 10.0. The quantitative estimate of drug-likeness (QED) is 0.842. The van der Waals surface area contributed by atoms with Crippen LogP contribution in [0.5, 0.6) is 0 Å². The molecule has 0 aliphatic carbocycles. The molecule has 1 amide bonds. The molecule has 1 fully saturated rings. The van der Waals surface area contributed by atoms with Gasteiger partial charge in [0.2, 0.25) is 5.91 Å². The Labute approximate surface area is 124 Å². The molecule has 1 aliphatic heterocycles. The van der Waals surface area contributed by atoms with Gasteiger partial charge in [0, 0.05) is 6.61 Å². The molecule has 0 bridgehead atoms. The van der Waals surface area contributed by atoms with Gasteiger partial charge in [-0.25, -0.2) is 4.79 Å². The van der Waals surface area contributed by atoms with E-state index in [1.54, 1.807) is 12.1 Å². The van der Waals surface area contributed by atoms with E-state index in [1.807, 2.05) is 18.2 Å². The smallest absolute Gasteiger partial charge is 0.333 e. The number of carbonyl (C=O) groups excluding carboxylic acids is 2. The zero-order chi connectivity index (χ0) is 15.1. The SMILES string of the molecule is COC(=O)C(NC(=O)CC1CCCCO1)c1ccccc1. The highest BCUT2D eigenvalue weighted by atomic mass is 16.5. The van der Waals surface area contributed by atoms with Gasteiger partial charge < -0.3 is 14.8 Å². The lowest BCUT2D eigenvalue weighted by Gasteiger charge is -2.23. The van der Waals surface area contributed by atoms with E-state index in [1.165, 1.54) is 7.11 Å². The Bertz CT molecular complexity index is 468. The Balaban J connectivity index is 1.98. The predicted molar refractivity (Wildman–Crippen MR) is 77.5 cm³/mol. The van der Waals surface area contributed by atoms with Crippen molar-refractivity contribution in [3.05, 3.63) is 35.9 Å². The largest absolute Gasteiger partial charge is 0.467 e. The number of amides is 1. The van der Waals surface area contributed by atoms with Crippen LogP contribution in [-0.4, -0.2) is 31.7 Å². The first-order chi connectivity index (χ1) is 10.2. The fourth-order valence-electron chi connectivity index (χ4n) is 2.44. The Kier molecular flexibility index (Phi) is 5.75. The topological polar surface area (TPSA) is 64.6 Å². The number of hydrogen-bond donors (Lipinski definition) is 1. The van der Waals surface area contributed by atoms with Crippen molar-refractivity contribution >= 4 is 11.9 Å². The molecule has 0 aromatic heterocycles. The molecule has 0 spiro atoms. The van der Waals surface area contributed by atoms with Gasteiger partial charge in [-0.05, 0) is 24.8 Å². The summed E-state index contributed by atoms with van der Waals surface area (Å²) in [5, 5.41) is 2.74. The standard InChI is InChI=1S/C16H21NO4/c1-20-16(19)15(12-7-3-2-4-8-12)17-14(18)11-13-9-5-6-10-21-13/h2-4,7-8,13,15H,5-6,9-11H2,1H3,(H,17,18). The van der Waals surface area contributed by atoms with Crippen LogP contribution in [0.25, 0.3) is 0 Å². The number of carbonyl (C=O) groups is 2. The summed E-state index contributed by atoms with van der Waals surface area (Å²) in [6.07, 6.45) is 3.25. The maximum atomic E-state index is 12.1. The number of rotatable bonds is 5. The minimum Gasteiger partial charge on any atom is -0.467 e. The van der Waals surface area contributed by atoms with Crippen molar-refractivity contribution in [2.45, 2.75) is 37.8 Å². The fraction of sp³-hybridized carbons (Fsp3) is 0.500. The summed E-state index contributed by atoms with van der Waals surface area (Å²) in [7, 11) is 1.31. The van der Waals surface area contributed by atoms with E-state index in [0.717, 1.165) is 19.3 Å². The fourth-order valence-corrected chi connectivity index (χ4v) is 2.44. The zero-order valence-electron chi connectivity index (χ0n) is 12.2. The number of hydrogen-bond acceptors (Lipinski definition) is 4. The molecule has 2 rings (SSSR count). The Hall–Kier alpha value is -1.88.